The Morgan fingerprint density at radius 2 is 1.97 bits per heavy atom. The third-order valence-electron chi connectivity index (χ3n) is 6.37. The first-order valence-electron chi connectivity index (χ1n) is 11.8. The zero-order chi connectivity index (χ0) is 27.0. The van der Waals surface area contributed by atoms with E-state index in [1.165, 1.54) is 29.2 Å². The minimum atomic E-state index is -5.12. The number of aromatic nitrogens is 1. The van der Waals surface area contributed by atoms with Crippen molar-refractivity contribution in [3.8, 4) is 11.8 Å². The van der Waals surface area contributed by atoms with Crippen LogP contribution in [-0.4, -0.2) is 54.1 Å². The molecule has 0 aliphatic carbocycles. The van der Waals surface area contributed by atoms with Crippen molar-refractivity contribution in [1.82, 2.24) is 9.88 Å². The summed E-state index contributed by atoms with van der Waals surface area (Å²) in [5.41, 5.74) is 1.72. The molecule has 2 aromatic carbocycles. The summed E-state index contributed by atoms with van der Waals surface area (Å²) in [5.74, 6) is -2.21. The summed E-state index contributed by atoms with van der Waals surface area (Å²) >= 11 is 1.06. The first kappa shape index (κ1) is 25.7. The number of amides is 2. The van der Waals surface area contributed by atoms with Gasteiger partial charge in [-0.2, -0.15) is 18.4 Å². The third-order valence-corrected chi connectivity index (χ3v) is 7.43. The number of thiazole rings is 1. The van der Waals surface area contributed by atoms with Gasteiger partial charge in [-0.05, 0) is 43.4 Å². The summed E-state index contributed by atoms with van der Waals surface area (Å²) < 4.78 is 46.8. The number of nitrogens with zero attached hydrogens (tertiary/aromatic N) is 5. The average molecular weight is 542 g/mol. The van der Waals surface area contributed by atoms with E-state index in [1.54, 1.807) is 24.3 Å². The first-order valence-corrected chi connectivity index (χ1v) is 12.6. The van der Waals surface area contributed by atoms with Gasteiger partial charge in [0.1, 0.15) is 5.75 Å². The van der Waals surface area contributed by atoms with Crippen molar-refractivity contribution in [3.63, 3.8) is 0 Å². The Morgan fingerprint density at radius 3 is 2.68 bits per heavy atom. The van der Waals surface area contributed by atoms with Gasteiger partial charge in [0.15, 0.2) is 11.2 Å². The lowest BCUT2D eigenvalue weighted by Crippen LogP contribution is -2.38. The molecule has 0 saturated carbocycles. The predicted octanol–water partition coefficient (Wildman–Crippen LogP) is 4.41. The highest BCUT2D eigenvalue weighted by molar-refractivity contribution is 7.16. The molecule has 1 saturated heterocycles. The first-order chi connectivity index (χ1) is 18.1. The van der Waals surface area contributed by atoms with Crippen LogP contribution in [0.2, 0.25) is 0 Å². The van der Waals surface area contributed by atoms with Crippen LogP contribution in [0.25, 0.3) is 0 Å². The van der Waals surface area contributed by atoms with Gasteiger partial charge >= 0.3 is 12.1 Å². The highest BCUT2D eigenvalue weighted by atomic mass is 32.1. The Bertz CT molecular complexity index is 1420. The molecule has 0 N–H and O–H groups in total. The number of anilines is 3. The van der Waals surface area contributed by atoms with Crippen molar-refractivity contribution < 1.29 is 27.5 Å². The van der Waals surface area contributed by atoms with E-state index in [9.17, 15) is 22.8 Å². The molecule has 1 atom stereocenters. The van der Waals surface area contributed by atoms with E-state index in [4.69, 9.17) is 10.00 Å². The number of carbonyl (C=O) groups excluding carboxylic acids is 2. The van der Waals surface area contributed by atoms with Crippen LogP contribution in [0.15, 0.2) is 48.5 Å². The Hall–Kier alpha value is -3.95. The van der Waals surface area contributed by atoms with Crippen LogP contribution in [-0.2, 0) is 22.6 Å². The normalized spacial score (nSPS) is 17.7. The van der Waals surface area contributed by atoms with Gasteiger partial charge in [-0.3, -0.25) is 9.59 Å². The maximum atomic E-state index is 13.6. The number of hydrogen-bond acceptors (Lipinski definition) is 7. The van der Waals surface area contributed by atoms with E-state index in [2.05, 4.69) is 4.98 Å². The second-order valence-corrected chi connectivity index (χ2v) is 10.1. The molecule has 1 fully saturated rings. The lowest BCUT2D eigenvalue weighted by atomic mass is 10.2. The molecule has 196 valence electrons. The van der Waals surface area contributed by atoms with Crippen LogP contribution in [0, 0.1) is 11.3 Å². The van der Waals surface area contributed by atoms with Gasteiger partial charge in [-0.15, -0.1) is 0 Å². The Kier molecular flexibility index (Phi) is 6.81. The van der Waals surface area contributed by atoms with Crippen LogP contribution in [0.1, 0.15) is 22.6 Å². The third kappa shape index (κ3) is 5.07. The number of hydrogen-bond donors (Lipinski definition) is 0. The Labute approximate surface area is 220 Å². The number of rotatable bonds is 5. The quantitative estimate of drug-likeness (QED) is 0.475. The number of ether oxygens (including phenoxy) is 1. The van der Waals surface area contributed by atoms with E-state index < -0.39 is 18.2 Å². The Morgan fingerprint density at radius 1 is 1.21 bits per heavy atom. The SMILES string of the molecule is CN1CCc2nc(N(C(=O)C(F)(F)F)c3cccc(O[C@@H]4CCN(c5ccc(C#N)cc5)C4=O)c3)sc2C1. The van der Waals surface area contributed by atoms with Crippen LogP contribution in [0.4, 0.5) is 29.7 Å². The summed E-state index contributed by atoms with van der Waals surface area (Å²) in [6.07, 6.45) is -5.03. The van der Waals surface area contributed by atoms with Gasteiger partial charge in [-0.1, -0.05) is 17.4 Å². The van der Waals surface area contributed by atoms with Crippen LogP contribution in [0.5, 0.6) is 5.75 Å². The summed E-state index contributed by atoms with van der Waals surface area (Å²) in [6, 6.07) is 14.3. The number of likely N-dealkylation sites (N-methyl/N-ethyl adjacent to an activating group) is 1. The van der Waals surface area contributed by atoms with Gasteiger partial charge in [0, 0.05) is 49.1 Å². The van der Waals surface area contributed by atoms with Crippen molar-refractivity contribution in [2.75, 3.05) is 29.9 Å². The number of fused-ring (bicyclic) bond motifs is 1. The van der Waals surface area contributed by atoms with Crippen molar-refractivity contribution in [3.05, 3.63) is 64.7 Å². The van der Waals surface area contributed by atoms with E-state index >= 15 is 0 Å². The van der Waals surface area contributed by atoms with E-state index in [0.29, 0.717) is 47.8 Å². The molecule has 0 radical (unpaired) electrons. The maximum Gasteiger partial charge on any atom is 0.472 e. The molecule has 12 heteroatoms. The second-order valence-electron chi connectivity index (χ2n) is 9.03. The van der Waals surface area contributed by atoms with Gasteiger partial charge in [0.2, 0.25) is 0 Å². The van der Waals surface area contributed by atoms with Crippen molar-refractivity contribution in [2.45, 2.75) is 31.7 Å². The lowest BCUT2D eigenvalue weighted by molar-refractivity contribution is -0.169. The molecule has 1 aromatic heterocycles. The molecule has 0 spiro atoms. The molecule has 38 heavy (non-hydrogen) atoms. The van der Waals surface area contributed by atoms with Crippen LogP contribution >= 0.6 is 11.3 Å². The summed E-state index contributed by atoms with van der Waals surface area (Å²) in [4.78, 5) is 34.9. The smallest absolute Gasteiger partial charge is 0.472 e. The summed E-state index contributed by atoms with van der Waals surface area (Å²) in [7, 11) is 1.91. The molecule has 2 aliphatic heterocycles. The van der Waals surface area contributed by atoms with E-state index in [1.807, 2.05) is 18.0 Å². The van der Waals surface area contributed by atoms with Crippen molar-refractivity contribution in [2.24, 2.45) is 0 Å². The van der Waals surface area contributed by atoms with Gasteiger partial charge in [-0.25, -0.2) is 9.88 Å². The molecular weight excluding hydrogens is 519 g/mol. The fraction of sp³-hybridized carbons (Fsp3) is 0.308. The molecule has 8 nitrogen and oxygen atoms in total. The highest BCUT2D eigenvalue weighted by Crippen LogP contribution is 2.38. The second kappa shape index (κ2) is 10.1. The molecule has 5 rings (SSSR count). The zero-order valence-corrected chi connectivity index (χ0v) is 21.1. The fourth-order valence-electron chi connectivity index (χ4n) is 4.44. The highest BCUT2D eigenvalue weighted by Gasteiger charge is 2.45. The molecule has 3 heterocycles. The number of benzene rings is 2. The minimum absolute atomic E-state index is 0.0568. The summed E-state index contributed by atoms with van der Waals surface area (Å²) in [5, 5.41) is 8.91. The van der Waals surface area contributed by atoms with E-state index in [0.717, 1.165) is 22.8 Å². The van der Waals surface area contributed by atoms with Crippen LogP contribution < -0.4 is 14.5 Å². The molecule has 2 aliphatic rings. The molecule has 3 aromatic rings. The predicted molar refractivity (Wildman–Crippen MR) is 134 cm³/mol. The lowest BCUT2D eigenvalue weighted by Gasteiger charge is -2.22. The molecule has 0 unspecified atom stereocenters. The zero-order valence-electron chi connectivity index (χ0n) is 20.2. The topological polar surface area (TPSA) is 89.8 Å². The Balaban J connectivity index is 1.40. The van der Waals surface area contributed by atoms with Gasteiger partial charge in [0.05, 0.1) is 23.0 Å². The number of alkyl halides is 3. The van der Waals surface area contributed by atoms with Gasteiger partial charge < -0.3 is 14.5 Å². The van der Waals surface area contributed by atoms with Crippen molar-refractivity contribution in [1.29, 1.82) is 5.26 Å². The summed E-state index contributed by atoms with van der Waals surface area (Å²) in [6.45, 7) is 1.65. The number of nitriles is 1. The minimum Gasteiger partial charge on any atom is -0.480 e. The van der Waals surface area contributed by atoms with Crippen molar-refractivity contribution >= 4 is 39.7 Å². The van der Waals surface area contributed by atoms with Crippen LogP contribution in [0.3, 0.4) is 0 Å². The fourth-order valence-corrected chi connectivity index (χ4v) is 5.65. The number of halogens is 3. The standard InChI is InChI=1S/C26H22F3N5O3S/c1-32-11-9-20-22(15-32)38-25(31-20)34(24(36)26(27,28)29)18-3-2-4-19(13-18)37-21-10-12-33(23(21)35)17-7-5-16(14-30)6-8-17/h2-8,13,21H,9-12,15H2,1H3/t21-/m1/s1. The molecule has 2 amide bonds. The largest absolute Gasteiger partial charge is 0.480 e. The average Bonchev–Trinajstić information content (AvgIpc) is 3.46. The monoisotopic (exact) mass is 541 g/mol. The number of carbonyl (C=O) groups is 2. The van der Waals surface area contributed by atoms with Gasteiger partial charge in [0.25, 0.3) is 5.91 Å². The van der Waals surface area contributed by atoms with E-state index in [-0.39, 0.29) is 22.5 Å². The maximum absolute atomic E-state index is 13.6. The molecular formula is C26H22F3N5O3S. The molecule has 0 bridgehead atoms.